The summed E-state index contributed by atoms with van der Waals surface area (Å²) in [5.74, 6) is 1.95. The van der Waals surface area contributed by atoms with Crippen molar-refractivity contribution in [3.8, 4) is 56.4 Å². The highest BCUT2D eigenvalue weighted by Crippen LogP contribution is 2.44. The molecule has 3 nitrogen and oxygen atoms in total. The number of fused-ring (bicyclic) bond motifs is 7. The highest BCUT2D eigenvalue weighted by molar-refractivity contribution is 7.26. The molecule has 0 N–H and O–H groups in total. The molecular weight excluding hydrogens is 687 g/mol. The van der Waals surface area contributed by atoms with Gasteiger partial charge in [-0.15, -0.1) is 11.3 Å². The number of thiophene rings is 1. The Hall–Kier alpha value is -7.01. The van der Waals surface area contributed by atoms with Gasteiger partial charge >= 0.3 is 0 Å². The van der Waals surface area contributed by atoms with Crippen LogP contribution < -0.4 is 0 Å². The first-order valence-corrected chi connectivity index (χ1v) is 19.3. The van der Waals surface area contributed by atoms with Gasteiger partial charge in [0.15, 0.2) is 17.5 Å². The fourth-order valence-electron chi connectivity index (χ4n) is 7.87. The predicted octanol–water partition coefficient (Wildman–Crippen LogP) is 14.0. The van der Waals surface area contributed by atoms with Gasteiger partial charge in [0.25, 0.3) is 0 Å². The molecule has 0 aliphatic carbocycles. The first-order chi connectivity index (χ1) is 27.2. The summed E-state index contributed by atoms with van der Waals surface area (Å²) in [6.45, 7) is 0. The van der Waals surface area contributed by atoms with Gasteiger partial charge in [-0.1, -0.05) is 152 Å². The van der Waals surface area contributed by atoms with Gasteiger partial charge in [-0.2, -0.15) is 0 Å². The molecule has 9 aromatic carbocycles. The summed E-state index contributed by atoms with van der Waals surface area (Å²) in [6.07, 6.45) is 0. The van der Waals surface area contributed by atoms with Gasteiger partial charge in [-0.3, -0.25) is 0 Å². The first-order valence-electron chi connectivity index (χ1n) is 18.5. The van der Waals surface area contributed by atoms with Gasteiger partial charge < -0.3 is 0 Å². The van der Waals surface area contributed by atoms with E-state index in [-0.39, 0.29) is 0 Å². The minimum atomic E-state index is 0.645. The molecule has 0 aliphatic rings. The quantitative estimate of drug-likeness (QED) is 0.178. The van der Waals surface area contributed by atoms with Crippen LogP contribution in [0.2, 0.25) is 0 Å². The predicted molar refractivity (Wildman–Crippen MR) is 232 cm³/mol. The molecule has 0 atom stereocenters. The highest BCUT2D eigenvalue weighted by atomic mass is 32.1. The van der Waals surface area contributed by atoms with Crippen LogP contribution in [-0.4, -0.2) is 15.0 Å². The summed E-state index contributed by atoms with van der Waals surface area (Å²) >= 11 is 1.85. The summed E-state index contributed by atoms with van der Waals surface area (Å²) in [7, 11) is 0. The summed E-state index contributed by atoms with van der Waals surface area (Å²) < 4.78 is 2.54. The zero-order valence-corrected chi connectivity index (χ0v) is 30.5. The largest absolute Gasteiger partial charge is 0.208 e. The average molecular weight is 718 g/mol. The van der Waals surface area contributed by atoms with E-state index in [4.69, 9.17) is 15.0 Å². The van der Waals surface area contributed by atoms with Crippen molar-refractivity contribution in [1.29, 1.82) is 0 Å². The molecule has 11 rings (SSSR count). The zero-order chi connectivity index (χ0) is 36.3. The third-order valence-electron chi connectivity index (χ3n) is 10.7. The van der Waals surface area contributed by atoms with Crippen LogP contribution in [0.4, 0.5) is 0 Å². The number of hydrogen-bond acceptors (Lipinski definition) is 4. The van der Waals surface area contributed by atoms with Gasteiger partial charge in [0, 0.05) is 42.2 Å². The number of benzene rings is 9. The van der Waals surface area contributed by atoms with E-state index in [9.17, 15) is 0 Å². The van der Waals surface area contributed by atoms with Gasteiger partial charge in [0.2, 0.25) is 0 Å². The molecule has 0 radical (unpaired) electrons. The van der Waals surface area contributed by atoms with Crippen LogP contribution in [0.15, 0.2) is 188 Å². The van der Waals surface area contributed by atoms with Crippen LogP contribution in [0.25, 0.3) is 109 Å². The summed E-state index contributed by atoms with van der Waals surface area (Å²) in [4.78, 5) is 15.7. The van der Waals surface area contributed by atoms with Crippen LogP contribution in [0.5, 0.6) is 0 Å². The molecule has 0 bridgehead atoms. The van der Waals surface area contributed by atoms with Crippen molar-refractivity contribution in [3.63, 3.8) is 0 Å². The maximum Gasteiger partial charge on any atom is 0.164 e. The summed E-state index contributed by atoms with van der Waals surface area (Å²) in [5, 5.41) is 9.53. The highest BCUT2D eigenvalue weighted by Gasteiger charge is 2.19. The topological polar surface area (TPSA) is 38.7 Å². The molecule has 0 saturated heterocycles. The zero-order valence-electron chi connectivity index (χ0n) is 29.6. The van der Waals surface area contributed by atoms with E-state index < -0.39 is 0 Å². The van der Waals surface area contributed by atoms with Gasteiger partial charge in [0.1, 0.15) is 0 Å². The molecule has 0 saturated carbocycles. The van der Waals surface area contributed by atoms with Crippen LogP contribution in [-0.2, 0) is 0 Å². The Balaban J connectivity index is 1.14. The van der Waals surface area contributed by atoms with Gasteiger partial charge in [0.05, 0.1) is 0 Å². The van der Waals surface area contributed by atoms with Crippen molar-refractivity contribution in [2.24, 2.45) is 0 Å². The molecule has 0 fully saturated rings. The van der Waals surface area contributed by atoms with Crippen LogP contribution in [0.3, 0.4) is 0 Å². The number of hydrogen-bond donors (Lipinski definition) is 0. The smallest absolute Gasteiger partial charge is 0.164 e. The minimum absolute atomic E-state index is 0.645. The summed E-state index contributed by atoms with van der Waals surface area (Å²) in [6, 6.07) is 67.0. The molecule has 0 amide bonds. The molecular formula is C51H31N3S. The van der Waals surface area contributed by atoms with E-state index in [0.717, 1.165) is 33.0 Å². The van der Waals surface area contributed by atoms with Crippen LogP contribution in [0, 0.1) is 0 Å². The van der Waals surface area contributed by atoms with Crippen molar-refractivity contribution < 1.29 is 0 Å². The second-order valence-corrected chi connectivity index (χ2v) is 15.1. The van der Waals surface area contributed by atoms with E-state index in [1.165, 1.54) is 58.4 Å². The lowest BCUT2D eigenvalue weighted by atomic mass is 9.94. The molecule has 0 aliphatic heterocycles. The Kier molecular flexibility index (Phi) is 7.35. The lowest BCUT2D eigenvalue weighted by Gasteiger charge is -2.13. The SMILES string of the molecule is c1ccc(-c2ccc3cc(-c4nc(-c5ccccc5)nc(-c5cc6c7ccccc7sc6c6ccc(-c7ccc8ccccc8c7)cc56)n4)ccc3c2)cc1. The fourth-order valence-corrected chi connectivity index (χ4v) is 9.09. The maximum atomic E-state index is 5.32. The molecule has 11 aromatic rings. The van der Waals surface area contributed by atoms with Crippen molar-refractivity contribution >= 4 is 63.8 Å². The molecule has 55 heavy (non-hydrogen) atoms. The fraction of sp³-hybridized carbons (Fsp3) is 0. The molecule has 4 heteroatoms. The van der Waals surface area contributed by atoms with E-state index in [1.54, 1.807) is 0 Å². The second kappa shape index (κ2) is 12.8. The van der Waals surface area contributed by atoms with Crippen LogP contribution in [0.1, 0.15) is 0 Å². The van der Waals surface area contributed by atoms with Crippen molar-refractivity contribution in [2.75, 3.05) is 0 Å². The van der Waals surface area contributed by atoms with Crippen LogP contribution >= 0.6 is 11.3 Å². The number of rotatable bonds is 5. The third-order valence-corrected chi connectivity index (χ3v) is 11.9. The average Bonchev–Trinajstić information content (AvgIpc) is 3.64. The Morgan fingerprint density at radius 2 is 0.818 bits per heavy atom. The van der Waals surface area contributed by atoms with E-state index in [0.29, 0.717) is 17.5 Å². The van der Waals surface area contributed by atoms with E-state index >= 15 is 0 Å². The molecule has 0 unspecified atom stereocenters. The van der Waals surface area contributed by atoms with Crippen molar-refractivity contribution in [1.82, 2.24) is 15.0 Å². The third kappa shape index (κ3) is 5.54. The first kappa shape index (κ1) is 31.5. The molecule has 2 aromatic heterocycles. The Labute approximate surface area is 321 Å². The normalized spacial score (nSPS) is 11.6. The Morgan fingerprint density at radius 3 is 1.60 bits per heavy atom. The monoisotopic (exact) mass is 717 g/mol. The standard InChI is InChI=1S/C51H31N3S/c1-3-11-32(12-4-1)36-21-22-39-29-41(24-23-37(39)28-36)50-52-49(34-14-5-2-6-15-34)53-51(54-50)46-31-45-42-17-9-10-18-47(42)55-48(45)43-26-25-40(30-44(43)46)38-20-19-33-13-7-8-16-35(33)27-38/h1-31H. The summed E-state index contributed by atoms with van der Waals surface area (Å²) in [5.41, 5.74) is 7.61. The van der Waals surface area contributed by atoms with Gasteiger partial charge in [-0.25, -0.2) is 15.0 Å². The number of aromatic nitrogens is 3. The molecule has 256 valence electrons. The Bertz CT molecular complexity index is 3260. The van der Waals surface area contributed by atoms with E-state index in [1.807, 2.05) is 29.5 Å². The second-order valence-electron chi connectivity index (χ2n) is 14.0. The number of nitrogens with zero attached hydrogens (tertiary/aromatic N) is 3. The maximum absolute atomic E-state index is 5.32. The van der Waals surface area contributed by atoms with E-state index in [2.05, 4.69) is 170 Å². The molecule has 0 spiro atoms. The minimum Gasteiger partial charge on any atom is -0.208 e. The Morgan fingerprint density at radius 1 is 0.291 bits per heavy atom. The molecule has 2 heterocycles. The lowest BCUT2D eigenvalue weighted by Crippen LogP contribution is -2.00. The lowest BCUT2D eigenvalue weighted by molar-refractivity contribution is 1.08. The van der Waals surface area contributed by atoms with Crippen molar-refractivity contribution in [3.05, 3.63) is 188 Å². The van der Waals surface area contributed by atoms with Gasteiger partial charge in [-0.05, 0) is 85.6 Å². The van der Waals surface area contributed by atoms with Crippen molar-refractivity contribution in [2.45, 2.75) is 0 Å².